The summed E-state index contributed by atoms with van der Waals surface area (Å²) in [4.78, 5) is 20.6. The second kappa shape index (κ2) is 9.62. The van der Waals surface area contributed by atoms with Gasteiger partial charge in [-0.05, 0) is 50.0 Å². The van der Waals surface area contributed by atoms with Crippen LogP contribution < -0.4 is 16.4 Å². The number of amides is 1. The van der Waals surface area contributed by atoms with Gasteiger partial charge in [0.2, 0.25) is 5.95 Å². The molecule has 8 nitrogen and oxygen atoms in total. The van der Waals surface area contributed by atoms with Crippen LogP contribution in [0.15, 0.2) is 36.5 Å². The van der Waals surface area contributed by atoms with Gasteiger partial charge in [-0.2, -0.15) is 4.98 Å². The first-order valence-corrected chi connectivity index (χ1v) is 11.1. The van der Waals surface area contributed by atoms with Gasteiger partial charge in [0.05, 0.1) is 23.8 Å². The van der Waals surface area contributed by atoms with Gasteiger partial charge in [-0.3, -0.25) is 4.79 Å². The van der Waals surface area contributed by atoms with Crippen molar-refractivity contribution < 1.29 is 15.0 Å². The first-order valence-electron chi connectivity index (χ1n) is 11.1. The van der Waals surface area contributed by atoms with Crippen molar-refractivity contribution in [3.63, 3.8) is 0 Å². The fourth-order valence-corrected chi connectivity index (χ4v) is 4.78. The number of anilines is 2. The zero-order chi connectivity index (χ0) is 21.8. The Morgan fingerprint density at radius 1 is 1.10 bits per heavy atom. The number of aliphatic hydroxyl groups is 2. The van der Waals surface area contributed by atoms with Crippen LogP contribution in [0, 0.1) is 5.92 Å². The third-order valence-electron chi connectivity index (χ3n) is 6.49. The molecule has 8 heteroatoms. The summed E-state index contributed by atoms with van der Waals surface area (Å²) < 4.78 is 0. The van der Waals surface area contributed by atoms with Crippen LogP contribution in [0.2, 0.25) is 0 Å². The number of aliphatic hydroxyl groups excluding tert-OH is 2. The molecule has 31 heavy (non-hydrogen) atoms. The molecule has 5 atom stereocenters. The minimum atomic E-state index is -0.606. The van der Waals surface area contributed by atoms with E-state index in [1.807, 2.05) is 30.3 Å². The predicted molar refractivity (Wildman–Crippen MR) is 119 cm³/mol. The molecule has 2 aromatic rings. The van der Waals surface area contributed by atoms with Gasteiger partial charge < -0.3 is 26.6 Å². The number of primary amides is 1. The molecular formula is C23H31N5O3. The smallest absolute Gasteiger partial charge is 0.254 e. The van der Waals surface area contributed by atoms with Gasteiger partial charge in [0, 0.05) is 12.2 Å². The van der Waals surface area contributed by atoms with Crippen LogP contribution in [-0.2, 0) is 0 Å². The normalized spacial score (nSPS) is 26.9. The van der Waals surface area contributed by atoms with Crippen LogP contribution in [0.5, 0.6) is 0 Å². The minimum absolute atomic E-state index is 0.126. The Labute approximate surface area is 182 Å². The molecule has 0 bridgehead atoms. The Bertz CT molecular complexity index is 894. The molecule has 0 aliphatic heterocycles. The van der Waals surface area contributed by atoms with Crippen LogP contribution in [0.4, 0.5) is 11.8 Å². The lowest BCUT2D eigenvalue weighted by Crippen LogP contribution is -2.32. The molecule has 2 aliphatic rings. The van der Waals surface area contributed by atoms with E-state index in [4.69, 9.17) is 5.73 Å². The molecule has 6 N–H and O–H groups in total. The molecule has 1 amide bonds. The number of aromatic nitrogens is 2. The molecule has 0 saturated heterocycles. The number of nitrogens with one attached hydrogen (secondary N) is 2. The Morgan fingerprint density at radius 3 is 2.58 bits per heavy atom. The SMILES string of the molecule is NC(=O)c1cnc(N[C@@H]2CCCC([C@H](O)c3ccccc3)C2)nc1N[C@H]1CCC[C@@H]1O. The third kappa shape index (κ3) is 5.14. The van der Waals surface area contributed by atoms with E-state index >= 15 is 0 Å². The molecule has 1 aromatic heterocycles. The van der Waals surface area contributed by atoms with E-state index in [1.165, 1.54) is 6.20 Å². The average molecular weight is 426 g/mol. The van der Waals surface area contributed by atoms with Crippen molar-refractivity contribution in [3.05, 3.63) is 47.7 Å². The van der Waals surface area contributed by atoms with E-state index in [0.717, 1.165) is 50.5 Å². The maximum atomic E-state index is 11.8. The first-order chi connectivity index (χ1) is 15.0. The number of hydrogen-bond donors (Lipinski definition) is 5. The van der Waals surface area contributed by atoms with Gasteiger partial charge in [-0.15, -0.1) is 0 Å². The number of rotatable bonds is 7. The van der Waals surface area contributed by atoms with E-state index in [1.54, 1.807) is 0 Å². The standard InChI is InChI=1S/C23H31N5O3/c24-21(31)17-13-25-23(28-22(17)27-18-10-5-11-19(18)29)26-16-9-4-8-15(12-16)20(30)14-6-2-1-3-7-14/h1-3,6-7,13,15-16,18-20,29-30H,4-5,8-12H2,(H2,24,31)(H2,25,26,27,28)/t15?,16-,18+,19+,20-/m1/s1. The fourth-order valence-electron chi connectivity index (χ4n) is 4.78. The molecule has 166 valence electrons. The Balaban J connectivity index is 1.45. The zero-order valence-electron chi connectivity index (χ0n) is 17.6. The lowest BCUT2D eigenvalue weighted by Gasteiger charge is -2.33. The van der Waals surface area contributed by atoms with E-state index in [2.05, 4.69) is 20.6 Å². The molecule has 0 radical (unpaired) electrons. The summed E-state index contributed by atoms with van der Waals surface area (Å²) in [5, 5.41) is 27.5. The minimum Gasteiger partial charge on any atom is -0.391 e. The number of nitrogens with zero attached hydrogens (tertiary/aromatic N) is 2. The van der Waals surface area contributed by atoms with Gasteiger partial charge in [0.15, 0.2) is 0 Å². The van der Waals surface area contributed by atoms with Crippen molar-refractivity contribution in [1.82, 2.24) is 9.97 Å². The highest BCUT2D eigenvalue weighted by molar-refractivity contribution is 5.97. The maximum absolute atomic E-state index is 11.8. The van der Waals surface area contributed by atoms with Crippen molar-refractivity contribution in [2.45, 2.75) is 69.2 Å². The summed E-state index contributed by atoms with van der Waals surface area (Å²) in [6.07, 6.45) is 6.68. The van der Waals surface area contributed by atoms with E-state index in [-0.39, 0.29) is 23.6 Å². The molecule has 1 heterocycles. The number of hydrogen-bond acceptors (Lipinski definition) is 7. The predicted octanol–water partition coefficient (Wildman–Crippen LogP) is 2.61. The lowest BCUT2D eigenvalue weighted by molar-refractivity contribution is 0.0815. The van der Waals surface area contributed by atoms with Crippen molar-refractivity contribution in [2.75, 3.05) is 10.6 Å². The van der Waals surface area contributed by atoms with Crippen LogP contribution in [-0.4, -0.2) is 44.3 Å². The second-order valence-corrected chi connectivity index (χ2v) is 8.69. The van der Waals surface area contributed by atoms with E-state index < -0.39 is 18.1 Å². The topological polar surface area (TPSA) is 133 Å². The summed E-state index contributed by atoms with van der Waals surface area (Å²) >= 11 is 0. The molecule has 0 spiro atoms. The van der Waals surface area contributed by atoms with Gasteiger partial charge in [0.1, 0.15) is 5.82 Å². The summed E-state index contributed by atoms with van der Waals surface area (Å²) in [5.74, 6) is 0.322. The average Bonchev–Trinajstić information content (AvgIpc) is 3.18. The van der Waals surface area contributed by atoms with Gasteiger partial charge in [0.25, 0.3) is 5.91 Å². The van der Waals surface area contributed by atoms with Crippen LogP contribution in [0.25, 0.3) is 0 Å². The summed E-state index contributed by atoms with van der Waals surface area (Å²) in [5.41, 5.74) is 6.65. The lowest BCUT2D eigenvalue weighted by atomic mass is 9.80. The Hall–Kier alpha value is -2.71. The number of carbonyl (C=O) groups is 1. The summed E-state index contributed by atoms with van der Waals surface area (Å²) in [7, 11) is 0. The van der Waals surface area contributed by atoms with Crippen molar-refractivity contribution >= 4 is 17.7 Å². The van der Waals surface area contributed by atoms with Crippen LogP contribution in [0.1, 0.15) is 67.0 Å². The molecule has 2 saturated carbocycles. The third-order valence-corrected chi connectivity index (χ3v) is 6.49. The van der Waals surface area contributed by atoms with Crippen LogP contribution >= 0.6 is 0 Å². The number of benzene rings is 1. The molecule has 4 rings (SSSR count). The van der Waals surface area contributed by atoms with Crippen molar-refractivity contribution in [2.24, 2.45) is 11.7 Å². The Kier molecular flexibility index (Phi) is 6.67. The van der Waals surface area contributed by atoms with Gasteiger partial charge in [-0.1, -0.05) is 36.8 Å². The van der Waals surface area contributed by atoms with Gasteiger partial charge >= 0.3 is 0 Å². The summed E-state index contributed by atoms with van der Waals surface area (Å²) in [6, 6.07) is 9.74. The molecule has 2 aliphatic carbocycles. The zero-order valence-corrected chi connectivity index (χ0v) is 17.6. The van der Waals surface area contributed by atoms with Gasteiger partial charge in [-0.25, -0.2) is 4.98 Å². The van der Waals surface area contributed by atoms with E-state index in [9.17, 15) is 15.0 Å². The number of carbonyl (C=O) groups excluding carboxylic acids is 1. The fraction of sp³-hybridized carbons (Fsp3) is 0.522. The second-order valence-electron chi connectivity index (χ2n) is 8.69. The van der Waals surface area contributed by atoms with E-state index in [0.29, 0.717) is 11.8 Å². The first kappa shape index (κ1) is 21.5. The Morgan fingerprint density at radius 2 is 1.87 bits per heavy atom. The largest absolute Gasteiger partial charge is 0.391 e. The quantitative estimate of drug-likeness (QED) is 0.460. The maximum Gasteiger partial charge on any atom is 0.254 e. The molecule has 2 fully saturated rings. The highest BCUT2D eigenvalue weighted by Gasteiger charge is 2.30. The van der Waals surface area contributed by atoms with Crippen LogP contribution in [0.3, 0.4) is 0 Å². The highest BCUT2D eigenvalue weighted by Crippen LogP contribution is 2.35. The summed E-state index contributed by atoms with van der Waals surface area (Å²) in [6.45, 7) is 0. The molecule has 1 unspecified atom stereocenters. The van der Waals surface area contributed by atoms with Crippen molar-refractivity contribution in [3.8, 4) is 0 Å². The monoisotopic (exact) mass is 425 g/mol. The molecular weight excluding hydrogens is 394 g/mol. The highest BCUT2D eigenvalue weighted by atomic mass is 16.3. The number of nitrogens with two attached hydrogens (primary N) is 1. The van der Waals surface area contributed by atoms with Crippen molar-refractivity contribution in [1.29, 1.82) is 0 Å². The molecule has 1 aromatic carbocycles.